The van der Waals surface area contributed by atoms with Crippen molar-refractivity contribution in [3.63, 3.8) is 0 Å². The molecule has 0 aliphatic carbocycles. The van der Waals surface area contributed by atoms with Crippen LogP contribution in [-0.4, -0.2) is 40.5 Å². The fourth-order valence-corrected chi connectivity index (χ4v) is 0.520. The van der Waals surface area contributed by atoms with E-state index >= 15 is 0 Å². The molecule has 0 aromatic rings. The van der Waals surface area contributed by atoms with Crippen LogP contribution in [-0.2, 0) is 29.1 Å². The smallest absolute Gasteiger partial charge is 0.378 e. The summed E-state index contributed by atoms with van der Waals surface area (Å²) in [6, 6.07) is 0. The summed E-state index contributed by atoms with van der Waals surface area (Å²) in [4.78, 5) is 46.1. The lowest BCUT2D eigenvalue weighted by Gasteiger charge is -2.09. The van der Waals surface area contributed by atoms with Crippen LogP contribution in [0.25, 0.3) is 0 Å². The van der Waals surface area contributed by atoms with Gasteiger partial charge in [0, 0.05) is 0 Å². The van der Waals surface area contributed by atoms with Crippen LogP contribution in [0.2, 0.25) is 0 Å². The SMILES string of the molecule is O=C1OOC(=O)C(O)C(O)C(=O)OO1. The lowest BCUT2D eigenvalue weighted by molar-refractivity contribution is -0.290. The minimum atomic E-state index is -2.23. The summed E-state index contributed by atoms with van der Waals surface area (Å²) in [6.45, 7) is 0. The van der Waals surface area contributed by atoms with Crippen LogP contribution in [0.4, 0.5) is 4.79 Å². The quantitative estimate of drug-likeness (QED) is 0.425. The number of aliphatic hydroxyl groups excluding tert-OH is 2. The van der Waals surface area contributed by atoms with Gasteiger partial charge < -0.3 is 10.2 Å². The summed E-state index contributed by atoms with van der Waals surface area (Å²) in [5.74, 6) is -3.07. The lowest BCUT2D eigenvalue weighted by atomic mass is 10.2. The molecule has 1 rings (SSSR count). The van der Waals surface area contributed by atoms with E-state index in [9.17, 15) is 14.4 Å². The molecular formula is C5H4O9. The van der Waals surface area contributed by atoms with E-state index < -0.39 is 30.3 Å². The zero-order valence-electron chi connectivity index (χ0n) is 6.41. The van der Waals surface area contributed by atoms with Crippen molar-refractivity contribution in [2.45, 2.75) is 12.2 Å². The third kappa shape index (κ3) is 2.08. The molecule has 1 saturated heterocycles. The first-order chi connectivity index (χ1) is 6.52. The molecule has 0 radical (unpaired) electrons. The van der Waals surface area contributed by atoms with Crippen molar-refractivity contribution in [1.82, 2.24) is 0 Å². The van der Waals surface area contributed by atoms with Crippen molar-refractivity contribution in [3.05, 3.63) is 0 Å². The van der Waals surface area contributed by atoms with Gasteiger partial charge in [0.15, 0.2) is 12.2 Å². The number of rotatable bonds is 0. The largest absolute Gasteiger partial charge is 0.592 e. The van der Waals surface area contributed by atoms with Gasteiger partial charge in [-0.05, 0) is 0 Å². The fourth-order valence-electron chi connectivity index (χ4n) is 0.520. The normalized spacial score (nSPS) is 28.6. The molecule has 0 amide bonds. The number of hydrogen-bond donors (Lipinski definition) is 2. The highest BCUT2D eigenvalue weighted by molar-refractivity contribution is 5.85. The van der Waals surface area contributed by atoms with Gasteiger partial charge in [0.25, 0.3) is 0 Å². The van der Waals surface area contributed by atoms with E-state index in [1.165, 1.54) is 0 Å². The van der Waals surface area contributed by atoms with Crippen LogP contribution in [0.5, 0.6) is 0 Å². The van der Waals surface area contributed by atoms with Crippen LogP contribution in [0.3, 0.4) is 0 Å². The van der Waals surface area contributed by atoms with E-state index in [1.54, 1.807) is 0 Å². The third-order valence-corrected chi connectivity index (χ3v) is 1.17. The van der Waals surface area contributed by atoms with Gasteiger partial charge in [0.05, 0.1) is 0 Å². The van der Waals surface area contributed by atoms with E-state index in [1.807, 2.05) is 0 Å². The summed E-state index contributed by atoms with van der Waals surface area (Å²) in [5, 5.41) is 17.7. The Balaban J connectivity index is 2.78. The maximum Gasteiger partial charge on any atom is 0.592 e. The van der Waals surface area contributed by atoms with Gasteiger partial charge in [-0.2, -0.15) is 4.79 Å². The molecule has 2 N–H and O–H groups in total. The summed E-state index contributed by atoms with van der Waals surface area (Å²) >= 11 is 0. The van der Waals surface area contributed by atoms with Gasteiger partial charge in [-0.3, -0.25) is 0 Å². The van der Waals surface area contributed by atoms with Crippen molar-refractivity contribution < 1.29 is 44.1 Å². The van der Waals surface area contributed by atoms with Crippen LogP contribution >= 0.6 is 0 Å². The van der Waals surface area contributed by atoms with E-state index in [4.69, 9.17) is 10.2 Å². The second kappa shape index (κ2) is 3.89. The molecule has 78 valence electrons. The van der Waals surface area contributed by atoms with Crippen LogP contribution in [0.15, 0.2) is 0 Å². The first kappa shape index (κ1) is 10.2. The molecule has 1 aliphatic rings. The van der Waals surface area contributed by atoms with Gasteiger partial charge in [-0.15, -0.1) is 0 Å². The van der Waals surface area contributed by atoms with E-state index in [-0.39, 0.29) is 0 Å². The summed E-state index contributed by atoms with van der Waals surface area (Å²) in [7, 11) is 0. The van der Waals surface area contributed by atoms with Gasteiger partial charge in [0.1, 0.15) is 0 Å². The number of carbonyl (C=O) groups is 3. The first-order valence-corrected chi connectivity index (χ1v) is 3.19. The molecule has 0 aromatic carbocycles. The van der Waals surface area contributed by atoms with Gasteiger partial charge in [-0.1, -0.05) is 0 Å². The highest BCUT2D eigenvalue weighted by Gasteiger charge is 2.37. The molecule has 1 heterocycles. The topological polar surface area (TPSA) is 129 Å². The van der Waals surface area contributed by atoms with Crippen molar-refractivity contribution in [3.8, 4) is 0 Å². The first-order valence-electron chi connectivity index (χ1n) is 3.19. The fraction of sp³-hybridized carbons (Fsp3) is 0.400. The maximum absolute atomic E-state index is 10.6. The Morgan fingerprint density at radius 3 is 1.50 bits per heavy atom. The average Bonchev–Trinajstić information content (AvgIpc) is 2.21. The predicted molar refractivity (Wildman–Crippen MR) is 31.8 cm³/mol. The van der Waals surface area contributed by atoms with Crippen molar-refractivity contribution in [2.24, 2.45) is 0 Å². The number of hydrogen-bond acceptors (Lipinski definition) is 9. The average molecular weight is 208 g/mol. The Hall–Kier alpha value is -1.87. The molecule has 0 bridgehead atoms. The molecule has 2 atom stereocenters. The second-order valence-electron chi connectivity index (χ2n) is 2.11. The second-order valence-corrected chi connectivity index (χ2v) is 2.11. The zero-order valence-corrected chi connectivity index (χ0v) is 6.41. The van der Waals surface area contributed by atoms with Crippen molar-refractivity contribution in [1.29, 1.82) is 0 Å². The maximum atomic E-state index is 10.6. The molecule has 9 nitrogen and oxygen atoms in total. The number of carbonyl (C=O) groups excluding carboxylic acids is 3. The minimum Gasteiger partial charge on any atom is -0.378 e. The molecule has 0 saturated carbocycles. The van der Waals surface area contributed by atoms with E-state index in [0.717, 1.165) is 0 Å². The Bertz CT molecular complexity index is 244. The zero-order chi connectivity index (χ0) is 10.7. The lowest BCUT2D eigenvalue weighted by Crippen LogP contribution is -2.40. The van der Waals surface area contributed by atoms with Crippen molar-refractivity contribution >= 4 is 18.1 Å². The summed E-state index contributed by atoms with van der Waals surface area (Å²) < 4.78 is 0. The molecule has 1 aliphatic heterocycles. The summed E-state index contributed by atoms with van der Waals surface area (Å²) in [6.07, 6.45) is -6.08. The highest BCUT2D eigenvalue weighted by atomic mass is 17.3. The monoisotopic (exact) mass is 208 g/mol. The highest BCUT2D eigenvalue weighted by Crippen LogP contribution is 2.04. The molecule has 2 unspecified atom stereocenters. The minimum absolute atomic E-state index is 1.53. The van der Waals surface area contributed by atoms with Crippen LogP contribution in [0, 0.1) is 0 Å². The third-order valence-electron chi connectivity index (χ3n) is 1.17. The van der Waals surface area contributed by atoms with Crippen molar-refractivity contribution in [2.75, 3.05) is 0 Å². The Labute approximate surface area is 75.6 Å². The Kier molecular flexibility index (Phi) is 2.84. The van der Waals surface area contributed by atoms with Crippen LogP contribution < -0.4 is 0 Å². The molecule has 1 fully saturated rings. The molecule has 9 heteroatoms. The molecular weight excluding hydrogens is 204 g/mol. The predicted octanol–water partition coefficient (Wildman–Crippen LogP) is -2.21. The number of aliphatic hydroxyl groups is 2. The van der Waals surface area contributed by atoms with Gasteiger partial charge in [0.2, 0.25) is 0 Å². The standard InChI is InChI=1S/C5H4O9/c6-1-2(7)4(9)12-14-5(10)13-11-3(1)8/h1-2,6-7H. The molecule has 14 heavy (non-hydrogen) atoms. The van der Waals surface area contributed by atoms with Gasteiger partial charge in [-0.25, -0.2) is 29.1 Å². The van der Waals surface area contributed by atoms with E-state index in [2.05, 4.69) is 19.6 Å². The molecule has 0 spiro atoms. The molecule has 0 aromatic heterocycles. The van der Waals surface area contributed by atoms with E-state index in [0.29, 0.717) is 0 Å². The Morgan fingerprint density at radius 2 is 1.14 bits per heavy atom. The summed E-state index contributed by atoms with van der Waals surface area (Å²) in [5.41, 5.74) is 0. The Morgan fingerprint density at radius 1 is 0.786 bits per heavy atom. The van der Waals surface area contributed by atoms with Gasteiger partial charge >= 0.3 is 18.1 Å². The van der Waals surface area contributed by atoms with Crippen LogP contribution in [0.1, 0.15) is 0 Å².